The Morgan fingerprint density at radius 2 is 1.73 bits per heavy atom. The van der Waals surface area contributed by atoms with Gasteiger partial charge in [0.1, 0.15) is 13.2 Å². The fourth-order valence-electron chi connectivity index (χ4n) is 3.83. The van der Waals surface area contributed by atoms with Gasteiger partial charge in [-0.2, -0.15) is 0 Å². The number of hydrogen-bond donors (Lipinski definition) is 0. The van der Waals surface area contributed by atoms with E-state index in [2.05, 4.69) is 46.6 Å². The normalized spacial score (nSPS) is 13.2. The van der Waals surface area contributed by atoms with Crippen molar-refractivity contribution >= 4 is 34.1 Å². The molecule has 0 radical (unpaired) electrons. The van der Waals surface area contributed by atoms with Gasteiger partial charge in [-0.05, 0) is 61.7 Å². The molecule has 2 aromatic heterocycles. The van der Waals surface area contributed by atoms with Crippen LogP contribution in [0.3, 0.4) is 0 Å². The molecule has 2 aromatic carbocycles. The standard InChI is InChI=1S/C23H21N3O3S/c1-13-4-5-14(2)21-17(13)10-15(3)22-24-25-23(26(21)22)30-12-18(27)16-6-7-19-20(11-16)29-9-8-28-19/h4-7,10-11H,8-9,12H2,1-3H3. The Bertz CT molecular complexity index is 1310. The summed E-state index contributed by atoms with van der Waals surface area (Å²) in [6, 6.07) is 11.7. The van der Waals surface area contributed by atoms with Gasteiger partial charge in [-0.3, -0.25) is 9.20 Å². The zero-order valence-electron chi connectivity index (χ0n) is 17.1. The molecule has 0 atom stereocenters. The zero-order chi connectivity index (χ0) is 20.8. The summed E-state index contributed by atoms with van der Waals surface area (Å²) in [7, 11) is 0. The van der Waals surface area contributed by atoms with E-state index in [1.54, 1.807) is 18.2 Å². The Hall–Kier alpha value is -3.06. The topological polar surface area (TPSA) is 65.7 Å². The van der Waals surface area contributed by atoms with Crippen LogP contribution in [-0.4, -0.2) is 39.3 Å². The number of carbonyl (C=O) groups excluding carboxylic acids is 1. The monoisotopic (exact) mass is 419 g/mol. The summed E-state index contributed by atoms with van der Waals surface area (Å²) in [5.74, 6) is 1.58. The van der Waals surface area contributed by atoms with Crippen LogP contribution in [0, 0.1) is 20.8 Å². The predicted octanol–water partition coefficient (Wildman–Crippen LogP) is 4.55. The molecular formula is C23H21N3O3S. The number of aromatic nitrogens is 3. The molecule has 6 nitrogen and oxygen atoms in total. The molecule has 0 amide bonds. The molecule has 1 aliphatic rings. The van der Waals surface area contributed by atoms with E-state index < -0.39 is 0 Å². The number of nitrogens with zero attached hydrogens (tertiary/aromatic N) is 3. The number of rotatable bonds is 4. The number of hydrogen-bond acceptors (Lipinski definition) is 6. The van der Waals surface area contributed by atoms with Crippen LogP contribution in [0.1, 0.15) is 27.0 Å². The van der Waals surface area contributed by atoms with Crippen LogP contribution in [0.2, 0.25) is 0 Å². The van der Waals surface area contributed by atoms with E-state index in [9.17, 15) is 4.79 Å². The number of fused-ring (bicyclic) bond motifs is 4. The molecule has 0 saturated heterocycles. The van der Waals surface area contributed by atoms with Crippen molar-refractivity contribution in [1.82, 2.24) is 14.6 Å². The maximum absolute atomic E-state index is 12.8. The summed E-state index contributed by atoms with van der Waals surface area (Å²) < 4.78 is 13.2. The number of Topliss-reactive ketones (excluding diaryl/α,β-unsaturated/α-hetero) is 1. The Kier molecular flexibility index (Phi) is 4.62. The maximum Gasteiger partial charge on any atom is 0.196 e. The van der Waals surface area contributed by atoms with Gasteiger partial charge in [-0.1, -0.05) is 23.9 Å². The molecule has 0 fully saturated rings. The first-order valence-corrected chi connectivity index (χ1v) is 10.8. The van der Waals surface area contributed by atoms with Crippen molar-refractivity contribution in [3.8, 4) is 11.5 Å². The lowest BCUT2D eigenvalue weighted by Gasteiger charge is -2.18. The SMILES string of the molecule is Cc1ccc(C)c2c1cc(C)c1nnc(SCC(=O)c3ccc4c(c3)OCCO4)n12. The molecule has 1 aliphatic heterocycles. The molecule has 4 aromatic rings. The largest absolute Gasteiger partial charge is 0.486 e. The first-order chi connectivity index (χ1) is 14.5. The lowest BCUT2D eigenvalue weighted by molar-refractivity contribution is 0.102. The van der Waals surface area contributed by atoms with Gasteiger partial charge in [0, 0.05) is 10.9 Å². The lowest BCUT2D eigenvalue weighted by Crippen LogP contribution is -2.16. The summed E-state index contributed by atoms with van der Waals surface area (Å²) in [5, 5.41) is 10.7. The van der Waals surface area contributed by atoms with Crippen LogP contribution in [0.5, 0.6) is 11.5 Å². The molecule has 5 rings (SSSR count). The summed E-state index contributed by atoms with van der Waals surface area (Å²) in [6.45, 7) is 7.26. The molecule has 0 saturated carbocycles. The number of thioether (sulfide) groups is 1. The Balaban J connectivity index is 1.49. The van der Waals surface area contributed by atoms with Crippen molar-refractivity contribution in [3.63, 3.8) is 0 Å². The van der Waals surface area contributed by atoms with Crippen molar-refractivity contribution in [1.29, 1.82) is 0 Å². The second-order valence-corrected chi connectivity index (χ2v) is 8.44. The van der Waals surface area contributed by atoms with Gasteiger partial charge in [0.25, 0.3) is 0 Å². The first kappa shape index (κ1) is 18.9. The third-order valence-electron chi connectivity index (χ3n) is 5.40. The third kappa shape index (κ3) is 3.10. The van der Waals surface area contributed by atoms with Crippen molar-refractivity contribution in [2.24, 2.45) is 0 Å². The minimum Gasteiger partial charge on any atom is -0.486 e. The third-order valence-corrected chi connectivity index (χ3v) is 6.33. The van der Waals surface area contributed by atoms with E-state index in [1.807, 2.05) is 6.92 Å². The lowest BCUT2D eigenvalue weighted by atomic mass is 10.0. The number of carbonyl (C=O) groups is 1. The smallest absolute Gasteiger partial charge is 0.196 e. The van der Waals surface area contributed by atoms with Crippen LogP contribution in [0.4, 0.5) is 0 Å². The van der Waals surface area contributed by atoms with Crippen LogP contribution in [0.25, 0.3) is 16.6 Å². The quantitative estimate of drug-likeness (QED) is 0.357. The van der Waals surface area contributed by atoms with Gasteiger partial charge in [0.2, 0.25) is 0 Å². The molecule has 0 N–H and O–H groups in total. The minimum atomic E-state index is 0.0126. The maximum atomic E-state index is 12.8. The molecule has 0 aliphatic carbocycles. The van der Waals surface area contributed by atoms with Gasteiger partial charge < -0.3 is 9.47 Å². The van der Waals surface area contributed by atoms with Crippen LogP contribution < -0.4 is 9.47 Å². The summed E-state index contributed by atoms with van der Waals surface area (Å²) >= 11 is 1.40. The fourth-order valence-corrected chi connectivity index (χ4v) is 4.66. The minimum absolute atomic E-state index is 0.0126. The Morgan fingerprint density at radius 1 is 0.967 bits per heavy atom. The number of benzene rings is 2. The molecule has 7 heteroatoms. The van der Waals surface area contributed by atoms with E-state index in [-0.39, 0.29) is 11.5 Å². The van der Waals surface area contributed by atoms with Crippen molar-refractivity contribution in [2.45, 2.75) is 25.9 Å². The Labute approximate surface area is 178 Å². The number of aryl methyl sites for hydroxylation is 3. The van der Waals surface area contributed by atoms with E-state index in [1.165, 1.54) is 22.7 Å². The second-order valence-electron chi connectivity index (χ2n) is 7.50. The van der Waals surface area contributed by atoms with Gasteiger partial charge >= 0.3 is 0 Å². The van der Waals surface area contributed by atoms with Crippen LogP contribution in [-0.2, 0) is 0 Å². The number of ether oxygens (including phenoxy) is 2. The van der Waals surface area contributed by atoms with Crippen molar-refractivity contribution < 1.29 is 14.3 Å². The average molecular weight is 420 g/mol. The molecule has 0 bridgehead atoms. The molecule has 0 spiro atoms. The molecular weight excluding hydrogens is 398 g/mol. The highest BCUT2D eigenvalue weighted by atomic mass is 32.2. The van der Waals surface area contributed by atoms with Gasteiger partial charge in [-0.25, -0.2) is 0 Å². The molecule has 3 heterocycles. The van der Waals surface area contributed by atoms with E-state index >= 15 is 0 Å². The number of ketones is 1. The van der Waals surface area contributed by atoms with Gasteiger partial charge in [-0.15, -0.1) is 10.2 Å². The first-order valence-electron chi connectivity index (χ1n) is 9.83. The predicted molar refractivity (Wildman–Crippen MR) is 117 cm³/mol. The number of pyridine rings is 1. The molecule has 30 heavy (non-hydrogen) atoms. The van der Waals surface area contributed by atoms with Crippen LogP contribution in [0.15, 0.2) is 41.6 Å². The highest BCUT2D eigenvalue weighted by molar-refractivity contribution is 7.99. The van der Waals surface area contributed by atoms with Crippen molar-refractivity contribution in [2.75, 3.05) is 19.0 Å². The summed E-state index contributed by atoms with van der Waals surface area (Å²) in [5.41, 5.74) is 5.95. The van der Waals surface area contributed by atoms with E-state index in [4.69, 9.17) is 9.47 Å². The molecule has 152 valence electrons. The second kappa shape index (κ2) is 7.32. The summed E-state index contributed by atoms with van der Waals surface area (Å²) in [4.78, 5) is 12.8. The molecule has 0 unspecified atom stereocenters. The zero-order valence-corrected chi connectivity index (χ0v) is 17.9. The average Bonchev–Trinajstić information content (AvgIpc) is 3.19. The van der Waals surface area contributed by atoms with Gasteiger partial charge in [0.15, 0.2) is 28.1 Å². The highest BCUT2D eigenvalue weighted by Crippen LogP contribution is 2.32. The van der Waals surface area contributed by atoms with E-state index in [0.29, 0.717) is 30.3 Å². The van der Waals surface area contributed by atoms with Crippen molar-refractivity contribution in [3.05, 3.63) is 58.7 Å². The van der Waals surface area contributed by atoms with E-state index in [0.717, 1.165) is 27.4 Å². The van der Waals surface area contributed by atoms with Gasteiger partial charge in [0.05, 0.1) is 11.3 Å². The highest BCUT2D eigenvalue weighted by Gasteiger charge is 2.18. The fraction of sp³-hybridized carbons (Fsp3) is 0.261. The summed E-state index contributed by atoms with van der Waals surface area (Å²) in [6.07, 6.45) is 0. The Morgan fingerprint density at radius 3 is 2.57 bits per heavy atom. The van der Waals surface area contributed by atoms with Crippen LogP contribution >= 0.6 is 11.8 Å².